The first-order chi connectivity index (χ1) is 9.63. The Morgan fingerprint density at radius 1 is 1.35 bits per heavy atom. The molecule has 0 spiro atoms. The van der Waals surface area contributed by atoms with Crippen molar-refractivity contribution in [2.24, 2.45) is 11.8 Å². The molecule has 1 N–H and O–H groups in total. The number of nitrogens with zero attached hydrogens (tertiary/aromatic N) is 1. The minimum absolute atomic E-state index is 0.00969. The molecule has 0 aromatic heterocycles. The van der Waals surface area contributed by atoms with Gasteiger partial charge < -0.3 is 10.2 Å². The van der Waals surface area contributed by atoms with Gasteiger partial charge in [-0.05, 0) is 37.4 Å². The minimum Gasteiger partial charge on any atom is -0.342 e. The first-order valence-corrected chi connectivity index (χ1v) is 7.61. The highest BCUT2D eigenvalue weighted by Gasteiger charge is 2.32. The fourth-order valence-corrected chi connectivity index (χ4v) is 3.16. The summed E-state index contributed by atoms with van der Waals surface area (Å²) >= 11 is 0. The van der Waals surface area contributed by atoms with Crippen LogP contribution in [0.25, 0.3) is 0 Å². The van der Waals surface area contributed by atoms with Gasteiger partial charge in [0.25, 0.3) is 0 Å². The van der Waals surface area contributed by atoms with Gasteiger partial charge in [-0.2, -0.15) is 0 Å². The molecule has 0 aliphatic carbocycles. The van der Waals surface area contributed by atoms with E-state index in [9.17, 15) is 4.79 Å². The van der Waals surface area contributed by atoms with Crippen molar-refractivity contribution < 1.29 is 4.79 Å². The zero-order chi connectivity index (χ0) is 14.5. The summed E-state index contributed by atoms with van der Waals surface area (Å²) in [6.07, 6.45) is 1.12. The standard InChI is InChI=1S/C17H26N2O/c1-13(2)16(15-7-5-4-6-8-15)17(20)19-10-9-14(12-19)11-18-3/h4-8,13-14,16,18H,9-12H2,1-3H3. The monoisotopic (exact) mass is 274 g/mol. The molecular weight excluding hydrogens is 248 g/mol. The number of amides is 1. The van der Waals surface area contributed by atoms with Gasteiger partial charge in [-0.1, -0.05) is 44.2 Å². The van der Waals surface area contributed by atoms with E-state index in [0.717, 1.165) is 31.6 Å². The van der Waals surface area contributed by atoms with E-state index in [0.29, 0.717) is 17.7 Å². The zero-order valence-corrected chi connectivity index (χ0v) is 12.8. The Kier molecular flexibility index (Phi) is 5.18. The second-order valence-corrected chi connectivity index (χ2v) is 6.13. The van der Waals surface area contributed by atoms with Crippen LogP contribution < -0.4 is 5.32 Å². The number of nitrogens with one attached hydrogen (secondary N) is 1. The zero-order valence-electron chi connectivity index (χ0n) is 12.8. The van der Waals surface area contributed by atoms with Crippen LogP contribution in [-0.2, 0) is 4.79 Å². The van der Waals surface area contributed by atoms with Gasteiger partial charge in [0.1, 0.15) is 0 Å². The molecule has 2 atom stereocenters. The van der Waals surface area contributed by atoms with Crippen molar-refractivity contribution in [1.82, 2.24) is 10.2 Å². The molecule has 0 saturated carbocycles. The molecule has 1 aliphatic heterocycles. The van der Waals surface area contributed by atoms with Crippen LogP contribution in [0.4, 0.5) is 0 Å². The Morgan fingerprint density at radius 3 is 2.65 bits per heavy atom. The fraction of sp³-hybridized carbons (Fsp3) is 0.588. The molecule has 1 fully saturated rings. The topological polar surface area (TPSA) is 32.3 Å². The average Bonchev–Trinajstić information content (AvgIpc) is 2.89. The van der Waals surface area contributed by atoms with E-state index in [1.54, 1.807) is 0 Å². The van der Waals surface area contributed by atoms with E-state index in [1.165, 1.54) is 0 Å². The van der Waals surface area contributed by atoms with E-state index in [-0.39, 0.29) is 5.92 Å². The van der Waals surface area contributed by atoms with Crippen molar-refractivity contribution in [2.75, 3.05) is 26.7 Å². The molecule has 1 heterocycles. The van der Waals surface area contributed by atoms with Gasteiger partial charge in [-0.15, -0.1) is 0 Å². The number of rotatable bonds is 5. The minimum atomic E-state index is -0.00969. The van der Waals surface area contributed by atoms with Crippen molar-refractivity contribution in [3.63, 3.8) is 0 Å². The third-order valence-corrected chi connectivity index (χ3v) is 4.18. The Labute approximate surface area is 122 Å². The molecule has 0 radical (unpaired) electrons. The highest BCUT2D eigenvalue weighted by atomic mass is 16.2. The predicted molar refractivity (Wildman–Crippen MR) is 82.6 cm³/mol. The molecule has 20 heavy (non-hydrogen) atoms. The summed E-state index contributed by atoms with van der Waals surface area (Å²) in [5, 5.41) is 3.21. The molecule has 0 bridgehead atoms. The summed E-state index contributed by atoms with van der Waals surface area (Å²) in [5.41, 5.74) is 1.14. The predicted octanol–water partition coefficient (Wildman–Crippen LogP) is 2.49. The quantitative estimate of drug-likeness (QED) is 0.894. The van der Waals surface area contributed by atoms with Crippen molar-refractivity contribution >= 4 is 5.91 Å². The molecule has 2 unspecified atom stereocenters. The second-order valence-electron chi connectivity index (χ2n) is 6.13. The van der Waals surface area contributed by atoms with Gasteiger partial charge in [0.05, 0.1) is 5.92 Å². The van der Waals surface area contributed by atoms with Crippen molar-refractivity contribution in [1.29, 1.82) is 0 Å². The maximum atomic E-state index is 12.8. The lowest BCUT2D eigenvalue weighted by molar-refractivity contribution is -0.132. The van der Waals surface area contributed by atoms with E-state index in [2.05, 4.69) is 36.2 Å². The maximum Gasteiger partial charge on any atom is 0.230 e. The van der Waals surface area contributed by atoms with Crippen molar-refractivity contribution in [2.45, 2.75) is 26.2 Å². The molecule has 1 aromatic rings. The highest BCUT2D eigenvalue weighted by Crippen LogP contribution is 2.29. The highest BCUT2D eigenvalue weighted by molar-refractivity contribution is 5.84. The van der Waals surface area contributed by atoms with Crippen LogP contribution in [0.2, 0.25) is 0 Å². The third kappa shape index (κ3) is 3.40. The lowest BCUT2D eigenvalue weighted by Gasteiger charge is -2.26. The van der Waals surface area contributed by atoms with Crippen LogP contribution in [0.15, 0.2) is 30.3 Å². The van der Waals surface area contributed by atoms with E-state index in [1.807, 2.05) is 25.2 Å². The van der Waals surface area contributed by atoms with Crippen LogP contribution >= 0.6 is 0 Å². The number of hydrogen-bond acceptors (Lipinski definition) is 2. The molecule has 110 valence electrons. The Hall–Kier alpha value is -1.35. The number of hydrogen-bond donors (Lipinski definition) is 1. The van der Waals surface area contributed by atoms with Gasteiger partial charge >= 0.3 is 0 Å². The molecule has 3 nitrogen and oxygen atoms in total. The first kappa shape index (κ1) is 15.0. The summed E-state index contributed by atoms with van der Waals surface area (Å²) in [7, 11) is 1.98. The fourth-order valence-electron chi connectivity index (χ4n) is 3.16. The summed E-state index contributed by atoms with van der Waals surface area (Å²) in [6, 6.07) is 10.2. The number of carbonyl (C=O) groups is 1. The molecule has 3 heteroatoms. The van der Waals surface area contributed by atoms with Gasteiger partial charge in [-0.3, -0.25) is 4.79 Å². The lowest BCUT2D eigenvalue weighted by atomic mass is 9.87. The van der Waals surface area contributed by atoms with E-state index in [4.69, 9.17) is 0 Å². The number of likely N-dealkylation sites (tertiary alicyclic amines) is 1. The second kappa shape index (κ2) is 6.89. The summed E-state index contributed by atoms with van der Waals surface area (Å²) in [6.45, 7) is 7.08. The molecule has 1 saturated heterocycles. The van der Waals surface area contributed by atoms with Crippen molar-refractivity contribution in [3.8, 4) is 0 Å². The van der Waals surface area contributed by atoms with E-state index >= 15 is 0 Å². The van der Waals surface area contributed by atoms with Crippen LogP contribution in [-0.4, -0.2) is 37.5 Å². The van der Waals surface area contributed by atoms with E-state index < -0.39 is 0 Å². The van der Waals surface area contributed by atoms with Crippen LogP contribution in [0.3, 0.4) is 0 Å². The van der Waals surface area contributed by atoms with Crippen LogP contribution in [0, 0.1) is 11.8 Å². The van der Waals surface area contributed by atoms with Gasteiger partial charge in [-0.25, -0.2) is 0 Å². The van der Waals surface area contributed by atoms with Crippen LogP contribution in [0.1, 0.15) is 31.7 Å². The SMILES string of the molecule is CNCC1CCN(C(=O)C(c2ccccc2)C(C)C)C1. The third-order valence-electron chi connectivity index (χ3n) is 4.18. The Bertz CT molecular complexity index is 430. The molecule has 1 aliphatic rings. The lowest BCUT2D eigenvalue weighted by Crippen LogP contribution is -2.36. The maximum absolute atomic E-state index is 12.8. The first-order valence-electron chi connectivity index (χ1n) is 7.61. The molecule has 2 rings (SSSR count). The Balaban J connectivity index is 2.09. The molecule has 1 aromatic carbocycles. The molecule has 1 amide bonds. The summed E-state index contributed by atoms with van der Waals surface area (Å²) in [4.78, 5) is 14.9. The summed E-state index contributed by atoms with van der Waals surface area (Å²) in [5.74, 6) is 1.22. The smallest absolute Gasteiger partial charge is 0.230 e. The summed E-state index contributed by atoms with van der Waals surface area (Å²) < 4.78 is 0. The van der Waals surface area contributed by atoms with Crippen molar-refractivity contribution in [3.05, 3.63) is 35.9 Å². The van der Waals surface area contributed by atoms with Crippen LogP contribution in [0.5, 0.6) is 0 Å². The molecular formula is C17H26N2O. The average molecular weight is 274 g/mol. The van der Waals surface area contributed by atoms with Gasteiger partial charge in [0, 0.05) is 13.1 Å². The number of benzene rings is 1. The van der Waals surface area contributed by atoms with Gasteiger partial charge in [0.15, 0.2) is 0 Å². The largest absolute Gasteiger partial charge is 0.342 e. The van der Waals surface area contributed by atoms with Gasteiger partial charge in [0.2, 0.25) is 5.91 Å². The number of carbonyl (C=O) groups excluding carboxylic acids is 1. The Morgan fingerprint density at radius 2 is 2.05 bits per heavy atom. The normalized spacial score (nSPS) is 20.4.